The molecule has 1 fully saturated rings. The summed E-state index contributed by atoms with van der Waals surface area (Å²) in [5.74, 6) is 0.425. The van der Waals surface area contributed by atoms with Crippen LogP contribution in [0, 0.1) is 12.8 Å². The summed E-state index contributed by atoms with van der Waals surface area (Å²) in [6.07, 6.45) is 4.22. The molecule has 3 nitrogen and oxygen atoms in total. The van der Waals surface area contributed by atoms with E-state index in [0.29, 0.717) is 0 Å². The third kappa shape index (κ3) is 4.64. The second-order valence-corrected chi connectivity index (χ2v) is 5.99. The number of hydrogen-bond acceptors (Lipinski definition) is 2. The van der Waals surface area contributed by atoms with Gasteiger partial charge in [0.2, 0.25) is 5.91 Å². The van der Waals surface area contributed by atoms with Gasteiger partial charge in [0.25, 0.3) is 0 Å². The molecule has 20 heavy (non-hydrogen) atoms. The van der Waals surface area contributed by atoms with E-state index in [2.05, 4.69) is 48.5 Å². The maximum atomic E-state index is 12.1. The number of benzene rings is 1. The first-order valence-corrected chi connectivity index (χ1v) is 7.67. The van der Waals surface area contributed by atoms with Gasteiger partial charge in [-0.25, -0.2) is 0 Å². The molecule has 1 heterocycles. The zero-order chi connectivity index (χ0) is 14.4. The van der Waals surface area contributed by atoms with Gasteiger partial charge >= 0.3 is 0 Å². The number of likely N-dealkylation sites (tertiary alicyclic amines) is 1. The zero-order valence-corrected chi connectivity index (χ0v) is 12.7. The van der Waals surface area contributed by atoms with Crippen molar-refractivity contribution >= 4 is 5.91 Å². The van der Waals surface area contributed by atoms with Crippen LogP contribution >= 0.6 is 0 Å². The van der Waals surface area contributed by atoms with E-state index in [1.807, 2.05) is 0 Å². The maximum absolute atomic E-state index is 12.1. The molecule has 3 heteroatoms. The minimum atomic E-state index is 0.188. The summed E-state index contributed by atoms with van der Waals surface area (Å²) in [7, 11) is 2.09. The number of piperidine rings is 1. The largest absolute Gasteiger partial charge is 0.356 e. The Morgan fingerprint density at radius 2 is 2.30 bits per heavy atom. The highest BCUT2D eigenvalue weighted by molar-refractivity contribution is 5.78. The lowest BCUT2D eigenvalue weighted by Crippen LogP contribution is -2.41. The number of nitrogens with zero attached hydrogens (tertiary/aromatic N) is 1. The summed E-state index contributed by atoms with van der Waals surface area (Å²) in [5, 5.41) is 3.09. The molecule has 1 aliphatic rings. The van der Waals surface area contributed by atoms with Crippen LogP contribution < -0.4 is 5.32 Å². The Morgan fingerprint density at radius 3 is 3.05 bits per heavy atom. The number of aryl methyl sites for hydroxylation is 2. The Kier molecular flexibility index (Phi) is 5.60. The zero-order valence-electron chi connectivity index (χ0n) is 12.7. The van der Waals surface area contributed by atoms with E-state index in [1.54, 1.807) is 0 Å². The molecule has 0 unspecified atom stereocenters. The second kappa shape index (κ2) is 7.44. The van der Waals surface area contributed by atoms with Gasteiger partial charge in [-0.05, 0) is 51.8 Å². The molecular formula is C17H26N2O. The lowest BCUT2D eigenvalue weighted by Gasteiger charge is -2.28. The maximum Gasteiger partial charge on any atom is 0.224 e. The van der Waals surface area contributed by atoms with Crippen molar-refractivity contribution in [1.29, 1.82) is 0 Å². The predicted molar refractivity (Wildman–Crippen MR) is 82.7 cm³/mol. The summed E-state index contributed by atoms with van der Waals surface area (Å²) in [6.45, 7) is 4.93. The Hall–Kier alpha value is -1.35. The fourth-order valence-electron chi connectivity index (χ4n) is 2.90. The minimum absolute atomic E-state index is 0.188. The number of carbonyl (C=O) groups is 1. The van der Waals surface area contributed by atoms with Crippen molar-refractivity contribution in [2.75, 3.05) is 26.7 Å². The van der Waals surface area contributed by atoms with E-state index in [1.165, 1.54) is 11.1 Å². The average molecular weight is 274 g/mol. The van der Waals surface area contributed by atoms with Gasteiger partial charge in [0.15, 0.2) is 0 Å². The molecule has 2 rings (SSSR count). The Bertz CT molecular complexity index is 444. The van der Waals surface area contributed by atoms with E-state index in [-0.39, 0.29) is 11.8 Å². The number of nitrogens with one attached hydrogen (secondary N) is 1. The van der Waals surface area contributed by atoms with Crippen LogP contribution in [-0.4, -0.2) is 37.5 Å². The van der Waals surface area contributed by atoms with Crippen LogP contribution in [0.2, 0.25) is 0 Å². The molecule has 0 radical (unpaired) electrons. The third-order valence-electron chi connectivity index (χ3n) is 4.02. The van der Waals surface area contributed by atoms with Gasteiger partial charge in [0.05, 0.1) is 5.92 Å². The van der Waals surface area contributed by atoms with E-state index < -0.39 is 0 Å². The Balaban J connectivity index is 1.66. The highest BCUT2D eigenvalue weighted by atomic mass is 16.1. The van der Waals surface area contributed by atoms with Crippen LogP contribution in [0.25, 0.3) is 0 Å². The minimum Gasteiger partial charge on any atom is -0.356 e. The van der Waals surface area contributed by atoms with Crippen molar-refractivity contribution in [2.24, 2.45) is 5.92 Å². The quantitative estimate of drug-likeness (QED) is 0.836. The molecular weight excluding hydrogens is 248 g/mol. The first-order chi connectivity index (χ1) is 9.65. The highest BCUT2D eigenvalue weighted by Gasteiger charge is 2.23. The second-order valence-electron chi connectivity index (χ2n) is 5.99. The third-order valence-corrected chi connectivity index (χ3v) is 4.02. The molecule has 0 aliphatic carbocycles. The molecule has 1 N–H and O–H groups in total. The van der Waals surface area contributed by atoms with Gasteiger partial charge in [0.1, 0.15) is 0 Å². The molecule has 1 amide bonds. The predicted octanol–water partition coefficient (Wildman–Crippen LogP) is 2.39. The lowest BCUT2D eigenvalue weighted by molar-refractivity contribution is -0.126. The van der Waals surface area contributed by atoms with E-state index in [0.717, 1.165) is 45.3 Å². The van der Waals surface area contributed by atoms with Gasteiger partial charge < -0.3 is 10.2 Å². The van der Waals surface area contributed by atoms with Crippen molar-refractivity contribution in [3.63, 3.8) is 0 Å². The molecule has 1 aromatic carbocycles. The van der Waals surface area contributed by atoms with Crippen molar-refractivity contribution in [1.82, 2.24) is 10.2 Å². The van der Waals surface area contributed by atoms with Crippen molar-refractivity contribution in [3.05, 3.63) is 35.4 Å². The number of rotatable bonds is 5. The highest BCUT2D eigenvalue weighted by Crippen LogP contribution is 2.15. The summed E-state index contributed by atoms with van der Waals surface area (Å²) >= 11 is 0. The number of carbonyl (C=O) groups excluding carboxylic acids is 1. The molecule has 110 valence electrons. The van der Waals surface area contributed by atoms with Crippen molar-refractivity contribution in [3.8, 4) is 0 Å². The topological polar surface area (TPSA) is 32.3 Å². The van der Waals surface area contributed by atoms with Gasteiger partial charge in [-0.1, -0.05) is 29.8 Å². The van der Waals surface area contributed by atoms with Crippen LogP contribution in [0.15, 0.2) is 24.3 Å². The summed E-state index contributed by atoms with van der Waals surface area (Å²) in [4.78, 5) is 14.3. The number of amides is 1. The monoisotopic (exact) mass is 274 g/mol. The Morgan fingerprint density at radius 1 is 1.45 bits per heavy atom. The van der Waals surface area contributed by atoms with Crippen molar-refractivity contribution < 1.29 is 4.79 Å². The standard InChI is InChI=1S/C17H26N2O/c1-14-6-3-7-15(12-14)8-4-10-18-17(20)16-9-5-11-19(2)13-16/h3,6-7,12,16H,4-5,8-11,13H2,1-2H3,(H,18,20)/t16-/m0/s1. The van der Waals surface area contributed by atoms with Crippen molar-refractivity contribution in [2.45, 2.75) is 32.6 Å². The SMILES string of the molecule is Cc1cccc(CCCNC(=O)[C@H]2CCCN(C)C2)c1. The fraction of sp³-hybridized carbons (Fsp3) is 0.588. The molecule has 1 saturated heterocycles. The lowest BCUT2D eigenvalue weighted by atomic mass is 9.97. The molecule has 0 saturated carbocycles. The van der Waals surface area contributed by atoms with E-state index >= 15 is 0 Å². The molecule has 0 aromatic heterocycles. The smallest absolute Gasteiger partial charge is 0.224 e. The molecule has 1 aromatic rings. The normalized spacial score (nSPS) is 19.8. The van der Waals surface area contributed by atoms with E-state index in [4.69, 9.17) is 0 Å². The van der Waals surface area contributed by atoms with Crippen LogP contribution in [0.1, 0.15) is 30.4 Å². The van der Waals surface area contributed by atoms with Crippen LogP contribution in [0.4, 0.5) is 0 Å². The molecule has 0 spiro atoms. The van der Waals surface area contributed by atoms with Gasteiger partial charge in [0, 0.05) is 13.1 Å². The van der Waals surface area contributed by atoms with Gasteiger partial charge in [-0.2, -0.15) is 0 Å². The Labute approximate surface area is 122 Å². The van der Waals surface area contributed by atoms with Gasteiger partial charge in [-0.3, -0.25) is 4.79 Å². The summed E-state index contributed by atoms with van der Waals surface area (Å²) in [5.41, 5.74) is 2.66. The number of hydrogen-bond donors (Lipinski definition) is 1. The van der Waals surface area contributed by atoms with Crippen LogP contribution in [0.3, 0.4) is 0 Å². The van der Waals surface area contributed by atoms with Crippen LogP contribution in [-0.2, 0) is 11.2 Å². The molecule has 1 atom stereocenters. The fourth-order valence-corrected chi connectivity index (χ4v) is 2.90. The summed E-state index contributed by atoms with van der Waals surface area (Å²) in [6, 6.07) is 8.59. The molecule has 1 aliphatic heterocycles. The average Bonchev–Trinajstić information content (AvgIpc) is 2.43. The molecule has 0 bridgehead atoms. The van der Waals surface area contributed by atoms with Gasteiger partial charge in [-0.15, -0.1) is 0 Å². The first kappa shape index (κ1) is 15.0. The first-order valence-electron chi connectivity index (χ1n) is 7.67. The summed E-state index contributed by atoms with van der Waals surface area (Å²) < 4.78 is 0. The van der Waals surface area contributed by atoms with E-state index in [9.17, 15) is 4.79 Å². The van der Waals surface area contributed by atoms with Crippen LogP contribution in [0.5, 0.6) is 0 Å².